The van der Waals surface area contributed by atoms with E-state index in [4.69, 9.17) is 0 Å². The second-order valence-electron chi connectivity index (χ2n) is 4.84. The molecule has 0 saturated heterocycles. The number of aromatic nitrogens is 2. The average Bonchev–Trinajstić information content (AvgIpc) is 3.09. The Morgan fingerprint density at radius 1 is 1.45 bits per heavy atom. The van der Waals surface area contributed by atoms with Crippen molar-refractivity contribution in [3.8, 4) is 0 Å². The molecule has 1 fully saturated rings. The van der Waals surface area contributed by atoms with Crippen molar-refractivity contribution >= 4 is 22.5 Å². The summed E-state index contributed by atoms with van der Waals surface area (Å²) in [5, 5.41) is 18.9. The van der Waals surface area contributed by atoms with Gasteiger partial charge in [-0.15, -0.1) is 10.2 Å². The van der Waals surface area contributed by atoms with E-state index in [9.17, 15) is 23.1 Å². The number of halogens is 3. The van der Waals surface area contributed by atoms with Crippen LogP contribution in [0.15, 0.2) is 0 Å². The van der Waals surface area contributed by atoms with Crippen molar-refractivity contribution in [1.29, 1.82) is 0 Å². The molecular weight excluding hydrogens is 297 g/mol. The molecule has 2 amide bonds. The van der Waals surface area contributed by atoms with Gasteiger partial charge in [-0.3, -0.25) is 5.32 Å². The molecule has 1 aliphatic rings. The van der Waals surface area contributed by atoms with Gasteiger partial charge in [-0.1, -0.05) is 11.3 Å². The topological polar surface area (TPSA) is 87.1 Å². The molecule has 6 nitrogen and oxygen atoms in total. The maximum atomic E-state index is 12.3. The summed E-state index contributed by atoms with van der Waals surface area (Å²) in [6.07, 6.45) is -2.79. The van der Waals surface area contributed by atoms with Gasteiger partial charge >= 0.3 is 12.2 Å². The predicted octanol–water partition coefficient (Wildman–Crippen LogP) is 1.84. The van der Waals surface area contributed by atoms with E-state index in [-0.39, 0.29) is 29.0 Å². The number of urea groups is 1. The van der Waals surface area contributed by atoms with E-state index < -0.39 is 22.8 Å². The Bertz CT molecular complexity index is 503. The molecule has 1 unspecified atom stereocenters. The number of aliphatic hydroxyl groups is 1. The molecule has 1 saturated carbocycles. The molecule has 0 aliphatic heterocycles. The van der Waals surface area contributed by atoms with E-state index in [0.29, 0.717) is 0 Å². The standard InChI is InChI=1S/C10H13F3N4O2S/c1-9(4-18,5-2-3-5)15-7(19)14-8-17-16-6(20-8)10(11,12)13/h5,18H,2-4H2,1H3,(H2,14,15,17,19). The number of anilines is 1. The molecule has 0 spiro atoms. The van der Waals surface area contributed by atoms with Gasteiger partial charge in [0.25, 0.3) is 0 Å². The van der Waals surface area contributed by atoms with Crippen molar-refractivity contribution in [3.05, 3.63) is 5.01 Å². The molecule has 0 radical (unpaired) electrons. The Balaban J connectivity index is 1.96. The normalized spacial score (nSPS) is 18.4. The monoisotopic (exact) mass is 310 g/mol. The quantitative estimate of drug-likeness (QED) is 0.792. The second-order valence-corrected chi connectivity index (χ2v) is 5.82. The number of aliphatic hydroxyl groups excluding tert-OH is 1. The summed E-state index contributed by atoms with van der Waals surface area (Å²) in [6, 6.07) is -0.710. The van der Waals surface area contributed by atoms with Gasteiger partial charge in [-0.25, -0.2) is 4.79 Å². The molecule has 1 aliphatic carbocycles. The average molecular weight is 310 g/mol. The van der Waals surface area contributed by atoms with Crippen LogP contribution < -0.4 is 10.6 Å². The summed E-state index contributed by atoms with van der Waals surface area (Å²) in [4.78, 5) is 11.7. The van der Waals surface area contributed by atoms with Gasteiger partial charge in [0.1, 0.15) is 0 Å². The number of carbonyl (C=O) groups excluding carboxylic acids is 1. The van der Waals surface area contributed by atoms with Crippen molar-refractivity contribution in [2.45, 2.75) is 31.5 Å². The fraction of sp³-hybridized carbons (Fsp3) is 0.700. The van der Waals surface area contributed by atoms with Crippen molar-refractivity contribution < 1.29 is 23.1 Å². The zero-order valence-corrected chi connectivity index (χ0v) is 11.3. The second kappa shape index (κ2) is 5.17. The van der Waals surface area contributed by atoms with Gasteiger partial charge < -0.3 is 10.4 Å². The molecule has 20 heavy (non-hydrogen) atoms. The van der Waals surface area contributed by atoms with Crippen LogP contribution in [0, 0.1) is 5.92 Å². The third-order valence-electron chi connectivity index (χ3n) is 3.09. The first-order chi connectivity index (χ1) is 9.24. The zero-order valence-electron chi connectivity index (χ0n) is 10.5. The number of nitrogens with zero attached hydrogens (tertiary/aromatic N) is 2. The first kappa shape index (κ1) is 15.0. The minimum Gasteiger partial charge on any atom is -0.394 e. The van der Waals surface area contributed by atoms with Crippen LogP contribution in [-0.4, -0.2) is 33.5 Å². The van der Waals surface area contributed by atoms with Gasteiger partial charge in [0.15, 0.2) is 0 Å². The number of hydrogen-bond donors (Lipinski definition) is 3. The molecule has 2 rings (SSSR count). The van der Waals surface area contributed by atoms with E-state index in [1.54, 1.807) is 6.92 Å². The summed E-state index contributed by atoms with van der Waals surface area (Å²) in [7, 11) is 0. The highest BCUT2D eigenvalue weighted by Crippen LogP contribution is 2.39. The Kier molecular flexibility index (Phi) is 3.87. The Morgan fingerprint density at radius 3 is 2.55 bits per heavy atom. The van der Waals surface area contributed by atoms with E-state index in [2.05, 4.69) is 20.8 Å². The van der Waals surface area contributed by atoms with Crippen LogP contribution in [0.2, 0.25) is 0 Å². The maximum Gasteiger partial charge on any atom is 0.445 e. The number of alkyl halides is 3. The Labute approximate surface area is 116 Å². The first-order valence-electron chi connectivity index (χ1n) is 5.85. The fourth-order valence-electron chi connectivity index (χ4n) is 1.77. The third kappa shape index (κ3) is 3.37. The minimum atomic E-state index is -4.58. The smallest absolute Gasteiger partial charge is 0.394 e. The highest BCUT2D eigenvalue weighted by Gasteiger charge is 2.42. The molecular formula is C10H13F3N4O2S. The zero-order chi connectivity index (χ0) is 15.0. The first-order valence-corrected chi connectivity index (χ1v) is 6.67. The van der Waals surface area contributed by atoms with Crippen molar-refractivity contribution in [2.24, 2.45) is 5.92 Å². The number of rotatable bonds is 4. The summed E-state index contributed by atoms with van der Waals surface area (Å²) < 4.78 is 37.0. The Morgan fingerprint density at radius 2 is 2.10 bits per heavy atom. The summed E-state index contributed by atoms with van der Waals surface area (Å²) in [6.45, 7) is 1.44. The van der Waals surface area contributed by atoms with E-state index in [1.165, 1.54) is 0 Å². The molecule has 1 aromatic heterocycles. The van der Waals surface area contributed by atoms with Crippen LogP contribution in [-0.2, 0) is 6.18 Å². The van der Waals surface area contributed by atoms with Crippen LogP contribution >= 0.6 is 11.3 Å². The highest BCUT2D eigenvalue weighted by atomic mass is 32.1. The molecule has 1 heterocycles. The van der Waals surface area contributed by atoms with Crippen molar-refractivity contribution in [2.75, 3.05) is 11.9 Å². The molecule has 112 valence electrons. The van der Waals surface area contributed by atoms with E-state index in [1.807, 2.05) is 0 Å². The lowest BCUT2D eigenvalue weighted by atomic mass is 9.97. The van der Waals surface area contributed by atoms with Gasteiger partial charge in [-0.2, -0.15) is 13.2 Å². The minimum absolute atomic E-state index is 0.179. The lowest BCUT2D eigenvalue weighted by Crippen LogP contribution is -2.52. The van der Waals surface area contributed by atoms with Crippen molar-refractivity contribution in [1.82, 2.24) is 15.5 Å². The number of nitrogens with one attached hydrogen (secondary N) is 2. The highest BCUT2D eigenvalue weighted by molar-refractivity contribution is 7.15. The maximum absolute atomic E-state index is 12.3. The predicted molar refractivity (Wildman–Crippen MR) is 65.3 cm³/mol. The van der Waals surface area contributed by atoms with Crippen LogP contribution in [0.1, 0.15) is 24.8 Å². The lowest BCUT2D eigenvalue weighted by molar-refractivity contribution is -0.138. The number of hydrogen-bond acceptors (Lipinski definition) is 5. The fourth-order valence-corrected chi connectivity index (χ4v) is 2.37. The SMILES string of the molecule is CC(CO)(NC(=O)Nc1nnc(C(F)(F)F)s1)C1CC1. The third-order valence-corrected chi connectivity index (χ3v) is 3.98. The van der Waals surface area contributed by atoms with Crippen molar-refractivity contribution in [3.63, 3.8) is 0 Å². The van der Waals surface area contributed by atoms with Crippen LogP contribution in [0.4, 0.5) is 23.1 Å². The molecule has 3 N–H and O–H groups in total. The van der Waals surface area contributed by atoms with Gasteiger partial charge in [0.05, 0.1) is 12.1 Å². The van der Waals surface area contributed by atoms with E-state index in [0.717, 1.165) is 12.8 Å². The van der Waals surface area contributed by atoms with Gasteiger partial charge in [0.2, 0.25) is 10.1 Å². The summed E-state index contributed by atoms with van der Waals surface area (Å²) in [5.41, 5.74) is -0.776. The Hall–Kier alpha value is -1.42. The molecule has 0 aromatic carbocycles. The van der Waals surface area contributed by atoms with E-state index >= 15 is 0 Å². The van der Waals surface area contributed by atoms with Gasteiger partial charge in [-0.05, 0) is 25.7 Å². The van der Waals surface area contributed by atoms with Crippen LogP contribution in [0.5, 0.6) is 0 Å². The summed E-state index contributed by atoms with van der Waals surface area (Å²) >= 11 is 0.244. The van der Waals surface area contributed by atoms with Crippen LogP contribution in [0.3, 0.4) is 0 Å². The molecule has 1 atom stereocenters. The summed E-state index contributed by atoms with van der Waals surface area (Å²) in [5.74, 6) is 0.179. The molecule has 0 bridgehead atoms. The van der Waals surface area contributed by atoms with Crippen LogP contribution in [0.25, 0.3) is 0 Å². The van der Waals surface area contributed by atoms with Gasteiger partial charge in [0, 0.05) is 0 Å². The lowest BCUT2D eigenvalue weighted by Gasteiger charge is -2.28. The largest absolute Gasteiger partial charge is 0.445 e. The number of carbonyl (C=O) groups is 1. The molecule has 1 aromatic rings. The number of amides is 2. The molecule has 10 heteroatoms.